The van der Waals surface area contributed by atoms with Crippen molar-refractivity contribution in [3.8, 4) is 17.2 Å². The van der Waals surface area contributed by atoms with Crippen molar-refractivity contribution in [1.29, 1.82) is 5.26 Å². The Morgan fingerprint density at radius 2 is 1.87 bits per heavy atom. The maximum absolute atomic E-state index is 14.1. The van der Waals surface area contributed by atoms with Crippen molar-refractivity contribution in [2.75, 3.05) is 0 Å². The lowest BCUT2D eigenvalue weighted by molar-refractivity contribution is 0.494. The van der Waals surface area contributed by atoms with Crippen molar-refractivity contribution >= 4 is 10.9 Å². The molecule has 2 aromatic heterocycles. The second kappa shape index (κ2) is 7.56. The Labute approximate surface area is 170 Å². The number of pyridine rings is 1. The first-order valence-electron chi connectivity index (χ1n) is 9.19. The van der Waals surface area contributed by atoms with Crippen molar-refractivity contribution in [1.82, 2.24) is 9.13 Å². The van der Waals surface area contributed by atoms with E-state index in [1.165, 1.54) is 41.1 Å². The van der Waals surface area contributed by atoms with Gasteiger partial charge in [-0.15, -0.1) is 0 Å². The summed E-state index contributed by atoms with van der Waals surface area (Å²) in [6.45, 7) is 1.74. The lowest BCUT2D eigenvalue weighted by atomic mass is 10.0. The zero-order valence-electron chi connectivity index (χ0n) is 16.0. The van der Waals surface area contributed by atoms with Crippen LogP contribution in [0.25, 0.3) is 22.0 Å². The van der Waals surface area contributed by atoms with Gasteiger partial charge in [-0.25, -0.2) is 13.2 Å². The molecule has 30 heavy (non-hydrogen) atoms. The van der Waals surface area contributed by atoms with Crippen LogP contribution >= 0.6 is 0 Å². The highest BCUT2D eigenvalue weighted by Crippen LogP contribution is 2.34. The van der Waals surface area contributed by atoms with Crippen LogP contribution in [-0.2, 0) is 13.1 Å². The second-order valence-corrected chi connectivity index (χ2v) is 6.96. The van der Waals surface area contributed by atoms with Crippen LogP contribution in [0.15, 0.2) is 59.5 Å². The molecule has 0 aliphatic heterocycles. The maximum Gasteiger partial charge on any atom is 0.250 e. The molecule has 0 saturated carbocycles. The fraction of sp³-hybridized carbons (Fsp3) is 0.130. The van der Waals surface area contributed by atoms with Gasteiger partial charge in [0.2, 0.25) is 0 Å². The van der Waals surface area contributed by atoms with Gasteiger partial charge < -0.3 is 9.13 Å². The minimum absolute atomic E-state index is 0.0453. The molecule has 0 bridgehead atoms. The molecule has 4 rings (SSSR count). The number of hydrogen-bond donors (Lipinski definition) is 0. The number of rotatable bonds is 4. The van der Waals surface area contributed by atoms with Crippen LogP contribution < -0.4 is 5.56 Å². The van der Waals surface area contributed by atoms with Crippen LogP contribution in [0.2, 0.25) is 0 Å². The van der Waals surface area contributed by atoms with E-state index in [4.69, 9.17) is 0 Å². The first-order chi connectivity index (χ1) is 14.4. The number of hydrogen-bond acceptors (Lipinski definition) is 2. The zero-order chi connectivity index (χ0) is 21.4. The third kappa shape index (κ3) is 3.26. The van der Waals surface area contributed by atoms with E-state index in [-0.39, 0.29) is 24.2 Å². The van der Waals surface area contributed by atoms with Gasteiger partial charge in [0.25, 0.3) is 5.56 Å². The van der Waals surface area contributed by atoms with E-state index in [1.54, 1.807) is 16.7 Å². The van der Waals surface area contributed by atoms with Crippen molar-refractivity contribution in [3.05, 3.63) is 93.8 Å². The molecule has 0 aliphatic rings. The predicted molar refractivity (Wildman–Crippen MR) is 107 cm³/mol. The topological polar surface area (TPSA) is 50.7 Å². The van der Waals surface area contributed by atoms with E-state index in [1.807, 2.05) is 6.92 Å². The van der Waals surface area contributed by atoms with Gasteiger partial charge in [-0.05, 0) is 37.3 Å². The fourth-order valence-corrected chi connectivity index (χ4v) is 3.75. The van der Waals surface area contributed by atoms with E-state index >= 15 is 0 Å². The van der Waals surface area contributed by atoms with Crippen molar-refractivity contribution < 1.29 is 13.2 Å². The molecule has 4 nitrogen and oxygen atoms in total. The lowest BCUT2D eigenvalue weighted by Crippen LogP contribution is -2.20. The van der Waals surface area contributed by atoms with Crippen molar-refractivity contribution in [2.24, 2.45) is 0 Å². The molecule has 4 aromatic rings. The van der Waals surface area contributed by atoms with Gasteiger partial charge in [-0.3, -0.25) is 4.79 Å². The van der Waals surface area contributed by atoms with Gasteiger partial charge in [0.1, 0.15) is 12.4 Å². The van der Waals surface area contributed by atoms with Crippen LogP contribution in [0.5, 0.6) is 0 Å². The third-order valence-corrected chi connectivity index (χ3v) is 5.16. The number of halogens is 3. The highest BCUT2D eigenvalue weighted by molar-refractivity contribution is 5.98. The smallest absolute Gasteiger partial charge is 0.250 e. The number of nitriles is 1. The Kier molecular flexibility index (Phi) is 4.92. The highest BCUT2D eigenvalue weighted by atomic mass is 19.2. The Balaban J connectivity index is 1.89. The molecule has 0 saturated heterocycles. The minimum atomic E-state index is -1.00. The van der Waals surface area contributed by atoms with Crippen molar-refractivity contribution in [2.45, 2.75) is 20.0 Å². The molecule has 0 aliphatic carbocycles. The van der Waals surface area contributed by atoms with E-state index < -0.39 is 17.5 Å². The largest absolute Gasteiger partial charge is 0.330 e. The van der Waals surface area contributed by atoms with E-state index in [9.17, 15) is 23.2 Å². The summed E-state index contributed by atoms with van der Waals surface area (Å²) in [5.41, 5.74) is 2.37. The molecule has 0 atom stereocenters. The normalized spacial score (nSPS) is 11.0. The summed E-state index contributed by atoms with van der Waals surface area (Å²) in [7, 11) is 0. The maximum atomic E-state index is 14.1. The average Bonchev–Trinajstić information content (AvgIpc) is 2.98. The molecule has 0 amide bonds. The zero-order valence-corrected chi connectivity index (χ0v) is 16.0. The number of fused-ring (bicyclic) bond motifs is 1. The molecular weight excluding hydrogens is 391 g/mol. The summed E-state index contributed by atoms with van der Waals surface area (Å²) in [6, 6.07) is 13.2. The molecule has 0 N–H and O–H groups in total. The molecule has 0 radical (unpaired) electrons. The molecule has 2 heterocycles. The summed E-state index contributed by atoms with van der Waals surface area (Å²) in [4.78, 5) is 12.4. The van der Waals surface area contributed by atoms with E-state index in [0.29, 0.717) is 22.0 Å². The van der Waals surface area contributed by atoms with Crippen LogP contribution in [0.3, 0.4) is 0 Å². The SMILES string of the molecule is Cc1c(-c2ccc(=O)n(Cc3cccc(F)c3F)c2)c2cc(F)ccc2n1CC#N. The lowest BCUT2D eigenvalue weighted by Gasteiger charge is -2.10. The van der Waals surface area contributed by atoms with E-state index in [2.05, 4.69) is 6.07 Å². The number of benzene rings is 2. The number of aromatic nitrogens is 2. The Bertz CT molecular complexity index is 1380. The van der Waals surface area contributed by atoms with Crippen LogP contribution in [0.4, 0.5) is 13.2 Å². The average molecular weight is 407 g/mol. The van der Waals surface area contributed by atoms with Crippen LogP contribution in [0, 0.1) is 35.7 Å². The van der Waals surface area contributed by atoms with Gasteiger partial charge in [-0.2, -0.15) is 5.26 Å². The first kappa shape index (κ1) is 19.5. The third-order valence-electron chi connectivity index (χ3n) is 5.16. The Morgan fingerprint density at radius 1 is 1.07 bits per heavy atom. The summed E-state index contributed by atoms with van der Waals surface area (Å²) in [5.74, 6) is -2.41. The standard InChI is InChI=1S/C23H16F3N3O/c1-14-22(18-11-17(24)6-7-20(18)29(14)10-9-27)15-5-8-21(30)28(12-15)13-16-3-2-4-19(25)23(16)26/h2-8,11-12H,10,13H2,1H3. The van der Waals surface area contributed by atoms with Crippen LogP contribution in [-0.4, -0.2) is 9.13 Å². The summed E-state index contributed by atoms with van der Waals surface area (Å²) >= 11 is 0. The van der Waals surface area contributed by atoms with Gasteiger partial charge in [0, 0.05) is 45.6 Å². The molecule has 150 valence electrons. The van der Waals surface area contributed by atoms with E-state index in [0.717, 1.165) is 11.8 Å². The fourth-order valence-electron chi connectivity index (χ4n) is 3.75. The molecule has 0 fully saturated rings. The Hall–Kier alpha value is -3.79. The predicted octanol–water partition coefficient (Wildman–Crippen LogP) is 4.77. The molecule has 7 heteroatoms. The van der Waals surface area contributed by atoms with Gasteiger partial charge in [-0.1, -0.05) is 12.1 Å². The van der Waals surface area contributed by atoms with Gasteiger partial charge in [0.05, 0.1) is 12.6 Å². The minimum Gasteiger partial charge on any atom is -0.330 e. The number of nitrogens with zero attached hydrogens (tertiary/aromatic N) is 3. The molecule has 0 unspecified atom stereocenters. The van der Waals surface area contributed by atoms with Gasteiger partial charge >= 0.3 is 0 Å². The summed E-state index contributed by atoms with van der Waals surface area (Å²) in [5, 5.41) is 9.78. The first-order valence-corrected chi connectivity index (χ1v) is 9.19. The van der Waals surface area contributed by atoms with Gasteiger partial charge in [0.15, 0.2) is 11.6 Å². The summed E-state index contributed by atoms with van der Waals surface area (Å²) in [6.07, 6.45) is 1.54. The molecular formula is C23H16F3N3O. The summed E-state index contributed by atoms with van der Waals surface area (Å²) < 4.78 is 44.6. The molecule has 2 aromatic carbocycles. The van der Waals surface area contributed by atoms with Crippen molar-refractivity contribution in [3.63, 3.8) is 0 Å². The quantitative estimate of drug-likeness (QED) is 0.489. The second-order valence-electron chi connectivity index (χ2n) is 6.96. The van der Waals surface area contributed by atoms with Crippen LogP contribution in [0.1, 0.15) is 11.3 Å². The molecule has 0 spiro atoms. The highest BCUT2D eigenvalue weighted by Gasteiger charge is 2.17. The monoisotopic (exact) mass is 407 g/mol. The Morgan fingerprint density at radius 3 is 2.63 bits per heavy atom.